The van der Waals surface area contributed by atoms with E-state index in [1.165, 1.54) is 36.5 Å². The molecule has 1 saturated carbocycles. The first-order chi connectivity index (χ1) is 15.8. The summed E-state index contributed by atoms with van der Waals surface area (Å²) < 4.78 is 38.7. The van der Waals surface area contributed by atoms with Gasteiger partial charge >= 0.3 is 5.97 Å². The van der Waals surface area contributed by atoms with Crippen molar-refractivity contribution in [3.05, 3.63) is 53.6 Å². The summed E-state index contributed by atoms with van der Waals surface area (Å²) in [4.78, 5) is 25.3. The quantitative estimate of drug-likeness (QED) is 0.622. The summed E-state index contributed by atoms with van der Waals surface area (Å²) >= 11 is 0. The molecule has 2 aliphatic rings. The van der Waals surface area contributed by atoms with Crippen LogP contribution in [0, 0.1) is 0 Å². The molecule has 33 heavy (non-hydrogen) atoms. The van der Waals surface area contributed by atoms with Gasteiger partial charge in [-0.2, -0.15) is 0 Å². The molecule has 4 rings (SSSR count). The molecule has 9 heteroatoms. The molecule has 2 aromatic rings. The number of anilines is 1. The molecule has 1 aliphatic carbocycles. The Morgan fingerprint density at radius 3 is 2.58 bits per heavy atom. The third-order valence-electron chi connectivity index (χ3n) is 6.18. The maximum absolute atomic E-state index is 13.4. The first kappa shape index (κ1) is 23.1. The van der Waals surface area contributed by atoms with Gasteiger partial charge in [-0.05, 0) is 56.0 Å². The molecule has 1 amide bonds. The van der Waals surface area contributed by atoms with Crippen LogP contribution in [0.4, 0.5) is 5.69 Å². The second kappa shape index (κ2) is 9.43. The lowest BCUT2D eigenvalue weighted by Crippen LogP contribution is -2.40. The van der Waals surface area contributed by atoms with Crippen molar-refractivity contribution in [1.82, 2.24) is 5.32 Å². The number of nitrogens with one attached hydrogen (secondary N) is 1. The summed E-state index contributed by atoms with van der Waals surface area (Å²) in [7, 11) is -2.52. The summed E-state index contributed by atoms with van der Waals surface area (Å²) in [6.07, 6.45) is 3.57. The van der Waals surface area contributed by atoms with Gasteiger partial charge in [-0.25, -0.2) is 13.2 Å². The molecular weight excluding hydrogens is 444 g/mol. The second-order valence-electron chi connectivity index (χ2n) is 8.36. The summed E-state index contributed by atoms with van der Waals surface area (Å²) in [5, 5.41) is 2.90. The molecule has 1 N–H and O–H groups in total. The van der Waals surface area contributed by atoms with E-state index in [1.54, 1.807) is 12.1 Å². The summed E-state index contributed by atoms with van der Waals surface area (Å²) in [5.41, 5.74) is 1.54. The van der Waals surface area contributed by atoms with Gasteiger partial charge in [0.1, 0.15) is 11.3 Å². The van der Waals surface area contributed by atoms with E-state index in [9.17, 15) is 18.0 Å². The molecule has 1 aliphatic heterocycles. The normalized spacial score (nSPS) is 16.8. The van der Waals surface area contributed by atoms with Gasteiger partial charge in [-0.1, -0.05) is 31.0 Å². The number of rotatable bonds is 7. The highest BCUT2D eigenvalue weighted by Crippen LogP contribution is 2.34. The number of carbonyl (C=O) groups excluding carboxylic acids is 2. The van der Waals surface area contributed by atoms with Gasteiger partial charge in [0.25, 0.3) is 15.9 Å². The van der Waals surface area contributed by atoms with E-state index in [4.69, 9.17) is 9.47 Å². The average Bonchev–Trinajstić information content (AvgIpc) is 3.48. The Bertz CT molecular complexity index is 1160. The molecule has 8 nitrogen and oxygen atoms in total. The van der Waals surface area contributed by atoms with E-state index in [-0.39, 0.29) is 28.2 Å². The van der Waals surface area contributed by atoms with E-state index in [0.717, 1.165) is 31.2 Å². The average molecular weight is 473 g/mol. The smallest absolute Gasteiger partial charge is 0.342 e. The second-order valence-corrected chi connectivity index (χ2v) is 10.2. The molecule has 2 aromatic carbocycles. The zero-order valence-electron chi connectivity index (χ0n) is 18.7. The Balaban J connectivity index is 1.55. The van der Waals surface area contributed by atoms with Crippen molar-refractivity contribution in [2.45, 2.75) is 56.1 Å². The van der Waals surface area contributed by atoms with Crippen molar-refractivity contribution >= 4 is 27.6 Å². The third kappa shape index (κ3) is 4.68. The van der Waals surface area contributed by atoms with E-state index in [2.05, 4.69) is 5.32 Å². The Morgan fingerprint density at radius 1 is 1.12 bits per heavy atom. The summed E-state index contributed by atoms with van der Waals surface area (Å²) in [5.74, 6) is -1.02. The minimum atomic E-state index is -3.90. The Hall–Kier alpha value is -3.07. The van der Waals surface area contributed by atoms with Gasteiger partial charge < -0.3 is 14.8 Å². The number of para-hydroxylation sites is 1. The molecule has 1 heterocycles. The maximum atomic E-state index is 13.4. The standard InChI is InChI=1S/C24H28N2O6S/c1-16(23(27)25-18-8-4-5-9-18)32-24(28)20-15-19(11-12-22(20)31-2)33(29,30)26-14-13-17-7-3-6-10-21(17)26/h3,6-7,10-12,15-16,18H,4-5,8-9,13-14H2,1-2H3,(H,25,27)/t16-/m1/s1. The number of amides is 1. The van der Waals surface area contributed by atoms with Crippen LogP contribution in [0.2, 0.25) is 0 Å². The highest BCUT2D eigenvalue weighted by Gasteiger charge is 2.32. The first-order valence-corrected chi connectivity index (χ1v) is 12.6. The molecule has 0 bridgehead atoms. The lowest BCUT2D eigenvalue weighted by atomic mass is 10.2. The number of nitrogens with zero attached hydrogens (tertiary/aromatic N) is 1. The number of esters is 1. The minimum absolute atomic E-state index is 0.0463. The van der Waals surface area contributed by atoms with Crippen molar-refractivity contribution < 1.29 is 27.5 Å². The molecule has 1 fully saturated rings. The molecule has 0 radical (unpaired) electrons. The Kier molecular flexibility index (Phi) is 6.60. The van der Waals surface area contributed by atoms with Gasteiger partial charge in [0, 0.05) is 12.6 Å². The number of sulfonamides is 1. The SMILES string of the molecule is COc1ccc(S(=O)(=O)N2CCc3ccccc32)cc1C(=O)O[C@H](C)C(=O)NC1CCCC1. The number of carbonyl (C=O) groups is 2. The van der Waals surface area contributed by atoms with E-state index in [0.29, 0.717) is 18.7 Å². The lowest BCUT2D eigenvalue weighted by molar-refractivity contribution is -0.129. The summed E-state index contributed by atoms with van der Waals surface area (Å²) in [6, 6.07) is 11.5. The zero-order valence-corrected chi connectivity index (χ0v) is 19.6. The molecule has 0 saturated heterocycles. The van der Waals surface area contributed by atoms with Gasteiger partial charge in [0.15, 0.2) is 6.10 Å². The Morgan fingerprint density at radius 2 is 1.85 bits per heavy atom. The van der Waals surface area contributed by atoms with Crippen molar-refractivity contribution in [2.24, 2.45) is 0 Å². The van der Waals surface area contributed by atoms with Crippen LogP contribution in [-0.4, -0.2) is 46.1 Å². The number of ether oxygens (including phenoxy) is 2. The Labute approximate surface area is 193 Å². The van der Waals surface area contributed by atoms with Crippen molar-refractivity contribution in [1.29, 1.82) is 0 Å². The number of fused-ring (bicyclic) bond motifs is 1. The van der Waals surface area contributed by atoms with Crippen molar-refractivity contribution in [3.8, 4) is 5.75 Å². The largest absolute Gasteiger partial charge is 0.496 e. The highest BCUT2D eigenvalue weighted by molar-refractivity contribution is 7.92. The maximum Gasteiger partial charge on any atom is 0.342 e. The van der Waals surface area contributed by atoms with Crippen molar-refractivity contribution in [3.63, 3.8) is 0 Å². The van der Waals surface area contributed by atoms with Crippen molar-refractivity contribution in [2.75, 3.05) is 18.0 Å². The molecule has 0 unspecified atom stereocenters. The fraction of sp³-hybridized carbons (Fsp3) is 0.417. The fourth-order valence-corrected chi connectivity index (χ4v) is 5.89. The predicted molar refractivity (Wildman–Crippen MR) is 123 cm³/mol. The highest BCUT2D eigenvalue weighted by atomic mass is 32.2. The first-order valence-electron chi connectivity index (χ1n) is 11.1. The van der Waals surface area contributed by atoms with Crippen LogP contribution in [0.25, 0.3) is 0 Å². The number of hydrogen-bond acceptors (Lipinski definition) is 6. The lowest BCUT2D eigenvalue weighted by Gasteiger charge is -2.21. The number of benzene rings is 2. The monoisotopic (exact) mass is 472 g/mol. The van der Waals surface area contributed by atoms with Crippen LogP contribution < -0.4 is 14.4 Å². The van der Waals surface area contributed by atoms with Gasteiger partial charge in [-0.15, -0.1) is 0 Å². The van der Waals surface area contributed by atoms with Crippen LogP contribution in [-0.2, 0) is 26.0 Å². The van der Waals surface area contributed by atoms with E-state index in [1.807, 2.05) is 12.1 Å². The number of methoxy groups -OCH3 is 1. The minimum Gasteiger partial charge on any atom is -0.496 e. The van der Waals surface area contributed by atoms with Crippen LogP contribution in [0.1, 0.15) is 48.5 Å². The van der Waals surface area contributed by atoms with Gasteiger partial charge in [0.05, 0.1) is 17.7 Å². The van der Waals surface area contributed by atoms with Gasteiger partial charge in [0.2, 0.25) is 0 Å². The molecule has 1 atom stereocenters. The van der Waals surface area contributed by atoms with Crippen LogP contribution in [0.15, 0.2) is 47.4 Å². The number of hydrogen-bond donors (Lipinski definition) is 1. The van der Waals surface area contributed by atoms with E-state index < -0.39 is 22.1 Å². The van der Waals surface area contributed by atoms with Crippen LogP contribution in [0.5, 0.6) is 5.75 Å². The van der Waals surface area contributed by atoms with Crippen LogP contribution >= 0.6 is 0 Å². The molecule has 0 aromatic heterocycles. The molecular formula is C24H28N2O6S. The zero-order chi connectivity index (χ0) is 23.6. The fourth-order valence-electron chi connectivity index (χ4n) is 4.36. The predicted octanol–water partition coefficient (Wildman–Crippen LogP) is 3.05. The molecule has 176 valence electrons. The summed E-state index contributed by atoms with van der Waals surface area (Å²) in [6.45, 7) is 1.82. The van der Waals surface area contributed by atoms with E-state index >= 15 is 0 Å². The molecule has 0 spiro atoms. The topological polar surface area (TPSA) is 102 Å². The van der Waals surface area contributed by atoms with Gasteiger partial charge in [-0.3, -0.25) is 9.10 Å². The van der Waals surface area contributed by atoms with Crippen LogP contribution in [0.3, 0.4) is 0 Å². The third-order valence-corrected chi connectivity index (χ3v) is 7.99.